The van der Waals surface area contributed by atoms with E-state index in [2.05, 4.69) is 10.3 Å². The van der Waals surface area contributed by atoms with Gasteiger partial charge < -0.3 is 15.8 Å². The van der Waals surface area contributed by atoms with Crippen LogP contribution in [0.25, 0.3) is 0 Å². The molecule has 7 heteroatoms. The summed E-state index contributed by atoms with van der Waals surface area (Å²) in [6.45, 7) is 2.54. The predicted octanol–water partition coefficient (Wildman–Crippen LogP) is 2.01. The summed E-state index contributed by atoms with van der Waals surface area (Å²) in [4.78, 5) is 15.3. The lowest BCUT2D eigenvalue weighted by Crippen LogP contribution is -2.29. The SMILES string of the molecule is CC(N)CCC(=O)NCCOc1ncc(Cl)cc1Cl. The Hall–Kier alpha value is -1.04. The molecule has 5 nitrogen and oxygen atoms in total. The quantitative estimate of drug-likeness (QED) is 0.756. The van der Waals surface area contributed by atoms with Crippen molar-refractivity contribution >= 4 is 29.1 Å². The summed E-state index contributed by atoms with van der Waals surface area (Å²) in [5, 5.41) is 3.51. The van der Waals surface area contributed by atoms with Crippen molar-refractivity contribution < 1.29 is 9.53 Å². The highest BCUT2D eigenvalue weighted by Gasteiger charge is 2.05. The maximum absolute atomic E-state index is 11.4. The van der Waals surface area contributed by atoms with Gasteiger partial charge in [-0.25, -0.2) is 4.98 Å². The molecule has 1 atom stereocenters. The van der Waals surface area contributed by atoms with Crippen LogP contribution >= 0.6 is 23.2 Å². The molecule has 0 saturated carbocycles. The second-order valence-electron chi connectivity index (χ2n) is 4.15. The summed E-state index contributed by atoms with van der Waals surface area (Å²) in [5.74, 6) is 0.256. The zero-order valence-electron chi connectivity index (χ0n) is 10.7. The molecule has 0 spiro atoms. The average molecular weight is 306 g/mol. The number of rotatable bonds is 7. The summed E-state index contributed by atoms with van der Waals surface area (Å²) in [7, 11) is 0. The normalized spacial score (nSPS) is 12.0. The van der Waals surface area contributed by atoms with Crippen LogP contribution in [-0.4, -0.2) is 30.1 Å². The van der Waals surface area contributed by atoms with Gasteiger partial charge in [-0.2, -0.15) is 0 Å². The maximum Gasteiger partial charge on any atom is 0.232 e. The zero-order valence-corrected chi connectivity index (χ0v) is 12.2. The topological polar surface area (TPSA) is 77.2 Å². The van der Waals surface area contributed by atoms with E-state index in [0.717, 1.165) is 0 Å². The monoisotopic (exact) mass is 305 g/mol. The second kappa shape index (κ2) is 8.19. The number of amides is 1. The van der Waals surface area contributed by atoms with E-state index in [9.17, 15) is 4.79 Å². The van der Waals surface area contributed by atoms with Crippen molar-refractivity contribution in [3.05, 3.63) is 22.3 Å². The fraction of sp³-hybridized carbons (Fsp3) is 0.500. The first kappa shape index (κ1) is 16.0. The van der Waals surface area contributed by atoms with Crippen LogP contribution in [0.4, 0.5) is 0 Å². The Bertz CT molecular complexity index is 427. The highest BCUT2D eigenvalue weighted by atomic mass is 35.5. The first-order chi connectivity index (χ1) is 8.99. The second-order valence-corrected chi connectivity index (χ2v) is 5.00. The number of pyridine rings is 1. The molecule has 1 aromatic heterocycles. The van der Waals surface area contributed by atoms with Crippen molar-refractivity contribution in [1.82, 2.24) is 10.3 Å². The molecule has 0 fully saturated rings. The smallest absolute Gasteiger partial charge is 0.232 e. The molecule has 0 aromatic carbocycles. The third kappa shape index (κ3) is 6.61. The van der Waals surface area contributed by atoms with E-state index in [0.29, 0.717) is 35.3 Å². The van der Waals surface area contributed by atoms with E-state index in [1.54, 1.807) is 6.07 Å². The highest BCUT2D eigenvalue weighted by Crippen LogP contribution is 2.24. The van der Waals surface area contributed by atoms with Gasteiger partial charge in [0, 0.05) is 18.7 Å². The predicted molar refractivity (Wildman–Crippen MR) is 75.6 cm³/mol. The van der Waals surface area contributed by atoms with Crippen LogP contribution < -0.4 is 15.8 Å². The molecule has 0 radical (unpaired) electrons. The Labute approximate surface area is 122 Å². The number of nitrogens with one attached hydrogen (secondary N) is 1. The molecular formula is C12H17Cl2N3O2. The molecule has 1 amide bonds. The zero-order chi connectivity index (χ0) is 14.3. The number of carbonyl (C=O) groups excluding carboxylic acids is 1. The Morgan fingerprint density at radius 2 is 2.32 bits per heavy atom. The number of nitrogens with zero attached hydrogens (tertiary/aromatic N) is 1. The number of halogens is 2. The van der Waals surface area contributed by atoms with Gasteiger partial charge in [0.15, 0.2) is 0 Å². The standard InChI is InChI=1S/C12H17Cl2N3O2/c1-8(15)2-3-11(18)16-4-5-19-12-10(14)6-9(13)7-17-12/h6-8H,2-5,15H2,1H3,(H,16,18). The minimum atomic E-state index is -0.0453. The van der Waals surface area contributed by atoms with E-state index in [1.165, 1.54) is 6.20 Å². The Morgan fingerprint density at radius 3 is 2.95 bits per heavy atom. The number of carbonyl (C=O) groups is 1. The first-order valence-electron chi connectivity index (χ1n) is 5.95. The molecular weight excluding hydrogens is 289 g/mol. The summed E-state index contributed by atoms with van der Waals surface area (Å²) in [6.07, 6.45) is 2.53. The average Bonchev–Trinajstić information content (AvgIpc) is 2.34. The molecule has 0 bridgehead atoms. The Kier molecular flexibility index (Phi) is 6.91. The molecule has 0 aliphatic heterocycles. The Balaban J connectivity index is 2.22. The lowest BCUT2D eigenvalue weighted by Gasteiger charge is -2.09. The fourth-order valence-corrected chi connectivity index (χ4v) is 1.73. The molecule has 0 saturated heterocycles. The number of hydrogen-bond donors (Lipinski definition) is 2. The van der Waals surface area contributed by atoms with Gasteiger partial charge in [0.1, 0.15) is 11.6 Å². The number of aromatic nitrogens is 1. The van der Waals surface area contributed by atoms with Gasteiger partial charge in [0.05, 0.1) is 11.6 Å². The number of ether oxygens (including phenoxy) is 1. The van der Waals surface area contributed by atoms with Crippen LogP contribution in [-0.2, 0) is 4.79 Å². The summed E-state index contributed by atoms with van der Waals surface area (Å²) in [5.41, 5.74) is 5.56. The van der Waals surface area contributed by atoms with Gasteiger partial charge in [-0.05, 0) is 19.4 Å². The lowest BCUT2D eigenvalue weighted by molar-refractivity contribution is -0.121. The number of nitrogens with two attached hydrogens (primary N) is 1. The van der Waals surface area contributed by atoms with Crippen molar-refractivity contribution in [1.29, 1.82) is 0 Å². The van der Waals surface area contributed by atoms with Crippen molar-refractivity contribution in [2.24, 2.45) is 5.73 Å². The Morgan fingerprint density at radius 1 is 1.58 bits per heavy atom. The van der Waals surface area contributed by atoms with Gasteiger partial charge in [0.25, 0.3) is 0 Å². The van der Waals surface area contributed by atoms with Crippen molar-refractivity contribution in [2.75, 3.05) is 13.2 Å². The van der Waals surface area contributed by atoms with Crippen molar-refractivity contribution in [3.63, 3.8) is 0 Å². The van der Waals surface area contributed by atoms with Crippen LogP contribution in [0.5, 0.6) is 5.88 Å². The summed E-state index contributed by atoms with van der Waals surface area (Å²) in [6, 6.07) is 1.58. The minimum absolute atomic E-state index is 0.0269. The van der Waals surface area contributed by atoms with Gasteiger partial charge >= 0.3 is 0 Å². The van der Waals surface area contributed by atoms with Gasteiger partial charge in [-0.1, -0.05) is 23.2 Å². The molecule has 3 N–H and O–H groups in total. The van der Waals surface area contributed by atoms with Gasteiger partial charge in [-0.15, -0.1) is 0 Å². The molecule has 1 rings (SSSR count). The van der Waals surface area contributed by atoms with Crippen LogP contribution in [0.3, 0.4) is 0 Å². The molecule has 19 heavy (non-hydrogen) atoms. The van der Waals surface area contributed by atoms with Crippen LogP contribution in [0.15, 0.2) is 12.3 Å². The minimum Gasteiger partial charge on any atom is -0.475 e. The first-order valence-corrected chi connectivity index (χ1v) is 6.70. The largest absolute Gasteiger partial charge is 0.475 e. The molecule has 1 heterocycles. The van der Waals surface area contributed by atoms with Crippen LogP contribution in [0.2, 0.25) is 10.0 Å². The maximum atomic E-state index is 11.4. The van der Waals surface area contributed by atoms with Crippen LogP contribution in [0, 0.1) is 0 Å². The molecule has 0 aliphatic rings. The van der Waals surface area contributed by atoms with Crippen molar-refractivity contribution in [3.8, 4) is 5.88 Å². The van der Waals surface area contributed by atoms with Gasteiger partial charge in [0.2, 0.25) is 11.8 Å². The summed E-state index contributed by atoms with van der Waals surface area (Å²) < 4.78 is 5.33. The lowest BCUT2D eigenvalue weighted by atomic mass is 10.2. The van der Waals surface area contributed by atoms with E-state index < -0.39 is 0 Å². The highest BCUT2D eigenvalue weighted by molar-refractivity contribution is 6.35. The molecule has 1 unspecified atom stereocenters. The van der Waals surface area contributed by atoms with E-state index >= 15 is 0 Å². The van der Waals surface area contributed by atoms with Crippen molar-refractivity contribution in [2.45, 2.75) is 25.8 Å². The molecule has 1 aromatic rings. The summed E-state index contributed by atoms with van der Waals surface area (Å²) >= 11 is 11.6. The number of hydrogen-bond acceptors (Lipinski definition) is 4. The molecule has 0 aliphatic carbocycles. The van der Waals surface area contributed by atoms with Gasteiger partial charge in [-0.3, -0.25) is 4.79 Å². The molecule has 106 valence electrons. The van der Waals surface area contributed by atoms with E-state index in [4.69, 9.17) is 33.7 Å². The van der Waals surface area contributed by atoms with E-state index in [1.807, 2.05) is 6.92 Å². The van der Waals surface area contributed by atoms with Crippen LogP contribution in [0.1, 0.15) is 19.8 Å². The fourth-order valence-electron chi connectivity index (χ4n) is 1.29. The third-order valence-corrected chi connectivity index (χ3v) is 2.74. The van der Waals surface area contributed by atoms with E-state index in [-0.39, 0.29) is 18.6 Å². The third-order valence-electron chi connectivity index (χ3n) is 2.26.